The van der Waals surface area contributed by atoms with Gasteiger partial charge in [0.2, 0.25) is 5.91 Å². The van der Waals surface area contributed by atoms with Crippen LogP contribution in [0.15, 0.2) is 69.7 Å². The Morgan fingerprint density at radius 1 is 1.08 bits per heavy atom. The maximum atomic E-state index is 12.3. The van der Waals surface area contributed by atoms with Gasteiger partial charge >= 0.3 is 10.1 Å². The van der Waals surface area contributed by atoms with Gasteiger partial charge in [-0.1, -0.05) is 42.1 Å². The molecule has 0 unspecified atom stereocenters. The minimum atomic E-state index is -3.94. The van der Waals surface area contributed by atoms with Gasteiger partial charge in [-0.15, -0.1) is 5.10 Å². The molecule has 0 bridgehead atoms. The predicted molar refractivity (Wildman–Crippen MR) is 96.3 cm³/mol. The molecule has 1 aliphatic heterocycles. The Morgan fingerprint density at radius 2 is 1.80 bits per heavy atom. The van der Waals surface area contributed by atoms with E-state index in [0.29, 0.717) is 16.5 Å². The molecule has 9 heteroatoms. The molecule has 2 aromatic rings. The number of hydrogen-bond acceptors (Lipinski definition) is 7. The van der Waals surface area contributed by atoms with Crippen LogP contribution in [0.1, 0.15) is 5.56 Å². The highest BCUT2D eigenvalue weighted by molar-refractivity contribution is 8.15. The van der Waals surface area contributed by atoms with E-state index in [1.54, 1.807) is 36.4 Å². The fourth-order valence-electron chi connectivity index (χ4n) is 1.94. The number of carbonyl (C=O) groups excluding carboxylic acids is 1. The third kappa shape index (κ3) is 4.46. The molecule has 0 spiro atoms. The van der Waals surface area contributed by atoms with Gasteiger partial charge in [-0.05, 0) is 24.3 Å². The minimum Gasteiger partial charge on any atom is -0.378 e. The first-order chi connectivity index (χ1) is 12.0. The maximum absolute atomic E-state index is 12.3. The van der Waals surface area contributed by atoms with Crippen molar-refractivity contribution in [1.29, 1.82) is 0 Å². The molecule has 1 N–H and O–H groups in total. The van der Waals surface area contributed by atoms with Crippen molar-refractivity contribution < 1.29 is 17.4 Å². The van der Waals surface area contributed by atoms with E-state index in [1.807, 2.05) is 0 Å². The summed E-state index contributed by atoms with van der Waals surface area (Å²) in [7, 11) is -3.94. The highest BCUT2D eigenvalue weighted by atomic mass is 32.2. The molecule has 1 fully saturated rings. The fraction of sp³-hybridized carbons (Fsp3) is 0.0625. The molecule has 1 heterocycles. The summed E-state index contributed by atoms with van der Waals surface area (Å²) in [6.07, 6.45) is 1.37. The molecule has 25 heavy (non-hydrogen) atoms. The normalized spacial score (nSPS) is 16.3. The molecule has 7 nitrogen and oxygen atoms in total. The van der Waals surface area contributed by atoms with Gasteiger partial charge in [0.15, 0.2) is 10.9 Å². The van der Waals surface area contributed by atoms with Crippen LogP contribution in [0, 0.1) is 0 Å². The third-order valence-corrected chi connectivity index (χ3v) is 5.19. The minimum absolute atomic E-state index is 0.0621. The number of carbonyl (C=O) groups is 1. The van der Waals surface area contributed by atoms with Gasteiger partial charge in [0.25, 0.3) is 0 Å². The first-order valence-electron chi connectivity index (χ1n) is 7.17. The van der Waals surface area contributed by atoms with Crippen LogP contribution in [0.4, 0.5) is 0 Å². The second-order valence-electron chi connectivity index (χ2n) is 4.87. The van der Waals surface area contributed by atoms with Crippen molar-refractivity contribution >= 4 is 39.2 Å². The van der Waals surface area contributed by atoms with E-state index < -0.39 is 10.1 Å². The fourth-order valence-corrected chi connectivity index (χ4v) is 3.54. The second kappa shape index (κ2) is 7.49. The highest BCUT2D eigenvalue weighted by Gasteiger charge is 2.18. The van der Waals surface area contributed by atoms with Crippen molar-refractivity contribution in [2.45, 2.75) is 4.90 Å². The predicted octanol–water partition coefficient (Wildman–Crippen LogP) is 2.01. The Morgan fingerprint density at radius 3 is 2.52 bits per heavy atom. The van der Waals surface area contributed by atoms with Gasteiger partial charge in [-0.3, -0.25) is 4.79 Å². The lowest BCUT2D eigenvalue weighted by atomic mass is 10.2. The number of thioether (sulfide) groups is 1. The van der Waals surface area contributed by atoms with E-state index in [4.69, 9.17) is 4.18 Å². The Hall–Kier alpha value is -2.65. The van der Waals surface area contributed by atoms with Crippen LogP contribution in [0.5, 0.6) is 5.75 Å². The first-order valence-corrected chi connectivity index (χ1v) is 9.56. The van der Waals surface area contributed by atoms with Crippen LogP contribution in [-0.2, 0) is 14.9 Å². The Balaban J connectivity index is 1.81. The van der Waals surface area contributed by atoms with Crippen molar-refractivity contribution in [1.82, 2.24) is 5.32 Å². The molecular formula is C16H13N3O4S2. The molecule has 2 aromatic carbocycles. The van der Waals surface area contributed by atoms with E-state index in [0.717, 1.165) is 0 Å². The summed E-state index contributed by atoms with van der Waals surface area (Å²) >= 11 is 1.25. The zero-order valence-electron chi connectivity index (χ0n) is 12.8. The summed E-state index contributed by atoms with van der Waals surface area (Å²) in [4.78, 5) is 11.1. The number of hydrogen-bond donors (Lipinski definition) is 1. The van der Waals surface area contributed by atoms with E-state index in [-0.39, 0.29) is 16.6 Å². The van der Waals surface area contributed by atoms with Gasteiger partial charge in [-0.2, -0.15) is 13.5 Å². The molecule has 0 aromatic heterocycles. The molecule has 1 amide bonds. The lowest BCUT2D eigenvalue weighted by Gasteiger charge is -2.08. The number of amides is 1. The molecule has 0 aliphatic carbocycles. The maximum Gasteiger partial charge on any atom is 0.339 e. The smallest absolute Gasteiger partial charge is 0.339 e. The van der Waals surface area contributed by atoms with Crippen LogP contribution < -0.4 is 9.50 Å². The van der Waals surface area contributed by atoms with E-state index in [2.05, 4.69) is 15.5 Å². The summed E-state index contributed by atoms with van der Waals surface area (Å²) in [6.45, 7) is 0. The van der Waals surface area contributed by atoms with Gasteiger partial charge in [0.05, 0.1) is 12.0 Å². The third-order valence-electron chi connectivity index (χ3n) is 3.08. The average molecular weight is 375 g/mol. The van der Waals surface area contributed by atoms with Crippen molar-refractivity contribution in [3.05, 3.63) is 60.2 Å². The van der Waals surface area contributed by atoms with Crippen LogP contribution in [0.2, 0.25) is 0 Å². The number of rotatable bonds is 5. The summed E-state index contributed by atoms with van der Waals surface area (Å²) in [6, 6.07) is 14.4. The molecule has 0 atom stereocenters. The summed E-state index contributed by atoms with van der Waals surface area (Å²) < 4.78 is 29.9. The molecule has 3 rings (SSSR count). The number of benzene rings is 2. The van der Waals surface area contributed by atoms with Crippen LogP contribution >= 0.6 is 11.8 Å². The van der Waals surface area contributed by atoms with Gasteiger partial charge in [0, 0.05) is 5.56 Å². The summed E-state index contributed by atoms with van der Waals surface area (Å²) in [5.41, 5.74) is 0.445. The van der Waals surface area contributed by atoms with Crippen molar-refractivity contribution in [2.75, 3.05) is 5.75 Å². The van der Waals surface area contributed by atoms with Crippen LogP contribution in [0.25, 0.3) is 0 Å². The van der Waals surface area contributed by atoms with E-state index in [9.17, 15) is 13.2 Å². The van der Waals surface area contributed by atoms with Crippen LogP contribution in [0.3, 0.4) is 0 Å². The quantitative estimate of drug-likeness (QED) is 0.490. The topological polar surface area (TPSA) is 97.2 Å². The molecule has 0 radical (unpaired) electrons. The molecule has 1 saturated heterocycles. The average Bonchev–Trinajstić information content (AvgIpc) is 3.02. The van der Waals surface area contributed by atoms with Gasteiger partial charge in [-0.25, -0.2) is 0 Å². The lowest BCUT2D eigenvalue weighted by molar-refractivity contribution is -0.116. The summed E-state index contributed by atoms with van der Waals surface area (Å²) in [5, 5.41) is 10.7. The van der Waals surface area contributed by atoms with Crippen molar-refractivity contribution in [3.8, 4) is 5.75 Å². The number of para-hydroxylation sites is 1. The summed E-state index contributed by atoms with van der Waals surface area (Å²) in [5.74, 6) is 0.318. The standard InChI is InChI=1S/C16H13N3O4S2/c20-15-11-24-16(18-15)19-17-10-12-6-4-5-9-14(12)23-25(21,22)13-7-2-1-3-8-13/h1-10H,11H2,(H,18,19,20)/b17-10-. The van der Waals surface area contributed by atoms with E-state index >= 15 is 0 Å². The van der Waals surface area contributed by atoms with Crippen LogP contribution in [-0.4, -0.2) is 31.5 Å². The SMILES string of the molecule is O=C1CS/C(=N/N=C\c2ccccc2OS(=O)(=O)c2ccccc2)N1. The Bertz CT molecular complexity index is 941. The molecule has 1 aliphatic rings. The number of amidine groups is 1. The Labute approximate surface area is 148 Å². The monoisotopic (exact) mass is 375 g/mol. The molecule has 0 saturated carbocycles. The zero-order chi connectivity index (χ0) is 17.7. The van der Waals surface area contributed by atoms with E-state index in [1.165, 1.54) is 36.2 Å². The Kier molecular flexibility index (Phi) is 5.15. The number of nitrogens with zero attached hydrogens (tertiary/aromatic N) is 2. The van der Waals surface area contributed by atoms with Crippen molar-refractivity contribution in [3.63, 3.8) is 0 Å². The zero-order valence-corrected chi connectivity index (χ0v) is 14.5. The lowest BCUT2D eigenvalue weighted by Crippen LogP contribution is -2.19. The first kappa shape index (κ1) is 17.2. The molecule has 128 valence electrons. The highest BCUT2D eigenvalue weighted by Crippen LogP contribution is 2.22. The largest absolute Gasteiger partial charge is 0.378 e. The second-order valence-corrected chi connectivity index (χ2v) is 7.39. The molecular weight excluding hydrogens is 362 g/mol. The van der Waals surface area contributed by atoms with Gasteiger partial charge < -0.3 is 9.50 Å². The van der Waals surface area contributed by atoms with Gasteiger partial charge in [0.1, 0.15) is 4.90 Å². The number of nitrogens with one attached hydrogen (secondary N) is 1. The van der Waals surface area contributed by atoms with Crippen molar-refractivity contribution in [2.24, 2.45) is 10.2 Å².